The van der Waals surface area contributed by atoms with Gasteiger partial charge in [0.15, 0.2) is 5.82 Å². The number of aryl methyl sites for hydroxylation is 2. The van der Waals surface area contributed by atoms with Crippen LogP contribution in [-0.2, 0) is 19.5 Å². The number of hydrogen-bond acceptors (Lipinski definition) is 5. The Balaban J connectivity index is 1.80. The zero-order valence-electron chi connectivity index (χ0n) is 14.3. The molecule has 0 N–H and O–H groups in total. The van der Waals surface area contributed by atoms with Gasteiger partial charge in [-0.2, -0.15) is 0 Å². The maximum Gasteiger partial charge on any atom is 0.152 e. The number of rotatable bonds is 3. The van der Waals surface area contributed by atoms with Crippen molar-refractivity contribution in [1.29, 1.82) is 0 Å². The lowest BCUT2D eigenvalue weighted by atomic mass is 10.1. The molecule has 0 fully saturated rings. The molecule has 0 aliphatic carbocycles. The third-order valence-electron chi connectivity index (χ3n) is 4.62. The second-order valence-electron chi connectivity index (χ2n) is 6.10. The number of hydrogen-bond donors (Lipinski definition) is 0. The average molecular weight is 323 g/mol. The third kappa shape index (κ3) is 2.29. The highest BCUT2D eigenvalue weighted by molar-refractivity contribution is 5.95. The van der Waals surface area contributed by atoms with Crippen molar-refractivity contribution in [3.63, 3.8) is 0 Å². The number of nitrogens with zero attached hydrogens (tertiary/aromatic N) is 5. The summed E-state index contributed by atoms with van der Waals surface area (Å²) in [4.78, 5) is 7.04. The van der Waals surface area contributed by atoms with Crippen LogP contribution < -0.4 is 9.64 Å². The summed E-state index contributed by atoms with van der Waals surface area (Å²) in [7, 11) is 1.69. The van der Waals surface area contributed by atoms with Gasteiger partial charge in [-0.3, -0.25) is 0 Å². The molecule has 124 valence electrons. The van der Waals surface area contributed by atoms with Crippen LogP contribution in [0.15, 0.2) is 24.3 Å². The molecule has 1 aliphatic rings. The molecule has 1 aliphatic heterocycles. The molecule has 0 atom stereocenters. The quantitative estimate of drug-likeness (QED) is 0.742. The Hall–Kier alpha value is -2.63. The summed E-state index contributed by atoms with van der Waals surface area (Å²) in [5.41, 5.74) is 3.09. The topological polar surface area (TPSA) is 56.1 Å². The second-order valence-corrected chi connectivity index (χ2v) is 6.10. The van der Waals surface area contributed by atoms with Crippen LogP contribution in [0.1, 0.15) is 24.3 Å². The van der Waals surface area contributed by atoms with Gasteiger partial charge in [-0.25, -0.2) is 4.98 Å². The van der Waals surface area contributed by atoms with Crippen molar-refractivity contribution in [2.24, 2.45) is 0 Å². The predicted octanol–water partition coefficient (Wildman–Crippen LogP) is 2.73. The number of anilines is 1. The van der Waals surface area contributed by atoms with Crippen molar-refractivity contribution in [2.75, 3.05) is 18.6 Å². The van der Waals surface area contributed by atoms with Crippen LogP contribution in [0.25, 0.3) is 10.9 Å². The Morgan fingerprint density at radius 1 is 1.21 bits per heavy atom. The number of benzene rings is 1. The van der Waals surface area contributed by atoms with Crippen LogP contribution in [0.5, 0.6) is 5.75 Å². The molecule has 3 aromatic rings. The van der Waals surface area contributed by atoms with Crippen molar-refractivity contribution in [1.82, 2.24) is 19.7 Å². The van der Waals surface area contributed by atoms with E-state index in [-0.39, 0.29) is 0 Å². The molecule has 0 unspecified atom stereocenters. The summed E-state index contributed by atoms with van der Waals surface area (Å²) in [6, 6.07) is 8.23. The highest BCUT2D eigenvalue weighted by atomic mass is 16.5. The normalized spacial score (nSPS) is 14.0. The Bertz CT molecular complexity index is 902. The van der Waals surface area contributed by atoms with E-state index in [0.717, 1.165) is 60.1 Å². The number of ether oxygens (including phenoxy) is 1. The van der Waals surface area contributed by atoms with Gasteiger partial charge >= 0.3 is 0 Å². The van der Waals surface area contributed by atoms with Gasteiger partial charge in [0.05, 0.1) is 13.7 Å². The molecule has 0 bridgehead atoms. The second kappa shape index (κ2) is 5.78. The lowest BCUT2D eigenvalue weighted by molar-refractivity contribution is 0.419. The Labute approximate surface area is 141 Å². The fourth-order valence-corrected chi connectivity index (χ4v) is 3.44. The van der Waals surface area contributed by atoms with E-state index in [9.17, 15) is 0 Å². The number of methoxy groups -OCH3 is 1. The first kappa shape index (κ1) is 14.9. The minimum atomic E-state index is 0.767. The molecule has 0 radical (unpaired) electrons. The SMILES string of the molecule is CCc1nnc2n1CCN(c1cc(C)nc3c(OC)cccc13)C2. The number of pyridine rings is 1. The molecule has 4 rings (SSSR count). The van der Waals surface area contributed by atoms with Gasteiger partial charge in [-0.05, 0) is 19.1 Å². The molecule has 1 aromatic carbocycles. The molecule has 6 heteroatoms. The van der Waals surface area contributed by atoms with Gasteiger partial charge < -0.3 is 14.2 Å². The average Bonchev–Trinajstić information content (AvgIpc) is 3.02. The summed E-state index contributed by atoms with van der Waals surface area (Å²) in [6.07, 6.45) is 0.918. The minimum absolute atomic E-state index is 0.767. The molecule has 24 heavy (non-hydrogen) atoms. The van der Waals surface area contributed by atoms with Crippen molar-refractivity contribution >= 4 is 16.6 Å². The number of para-hydroxylation sites is 1. The van der Waals surface area contributed by atoms with Crippen LogP contribution in [-0.4, -0.2) is 33.4 Å². The summed E-state index contributed by atoms with van der Waals surface area (Å²) >= 11 is 0. The monoisotopic (exact) mass is 323 g/mol. The van der Waals surface area contributed by atoms with E-state index >= 15 is 0 Å². The predicted molar refractivity (Wildman–Crippen MR) is 93.5 cm³/mol. The molecule has 0 saturated heterocycles. The van der Waals surface area contributed by atoms with Gasteiger partial charge in [-0.1, -0.05) is 19.1 Å². The third-order valence-corrected chi connectivity index (χ3v) is 4.62. The molecule has 2 aromatic heterocycles. The number of aromatic nitrogens is 4. The zero-order chi connectivity index (χ0) is 16.7. The zero-order valence-corrected chi connectivity index (χ0v) is 14.3. The largest absolute Gasteiger partial charge is 0.494 e. The van der Waals surface area contributed by atoms with Crippen molar-refractivity contribution < 1.29 is 4.74 Å². The van der Waals surface area contributed by atoms with E-state index in [1.807, 2.05) is 19.1 Å². The van der Waals surface area contributed by atoms with E-state index in [4.69, 9.17) is 4.74 Å². The molecule has 3 heterocycles. The summed E-state index contributed by atoms with van der Waals surface area (Å²) in [5, 5.41) is 9.79. The first-order valence-corrected chi connectivity index (χ1v) is 8.31. The number of fused-ring (bicyclic) bond motifs is 2. The van der Waals surface area contributed by atoms with Gasteiger partial charge in [0, 0.05) is 36.3 Å². The van der Waals surface area contributed by atoms with Crippen LogP contribution in [0.3, 0.4) is 0 Å². The van der Waals surface area contributed by atoms with Crippen molar-refractivity contribution in [3.05, 3.63) is 41.6 Å². The Kier molecular flexibility index (Phi) is 3.59. The first-order chi connectivity index (χ1) is 11.7. The molecule has 0 spiro atoms. The van der Waals surface area contributed by atoms with E-state index < -0.39 is 0 Å². The standard InChI is InChI=1S/C18H21N5O/c1-4-16-20-21-17-11-22(8-9-23(16)17)14-10-12(2)19-18-13(14)6-5-7-15(18)24-3/h5-7,10H,4,8-9,11H2,1-3H3. The highest BCUT2D eigenvalue weighted by Crippen LogP contribution is 2.33. The highest BCUT2D eigenvalue weighted by Gasteiger charge is 2.22. The van der Waals surface area contributed by atoms with Gasteiger partial charge in [0.25, 0.3) is 0 Å². The van der Waals surface area contributed by atoms with Crippen LogP contribution >= 0.6 is 0 Å². The van der Waals surface area contributed by atoms with Crippen LogP contribution in [0.2, 0.25) is 0 Å². The van der Waals surface area contributed by atoms with E-state index in [0.29, 0.717) is 0 Å². The minimum Gasteiger partial charge on any atom is -0.494 e. The first-order valence-electron chi connectivity index (χ1n) is 8.31. The summed E-state index contributed by atoms with van der Waals surface area (Å²) in [6.45, 7) is 6.77. The molecular weight excluding hydrogens is 302 g/mol. The maximum absolute atomic E-state index is 5.49. The fraction of sp³-hybridized carbons (Fsp3) is 0.389. The molecule has 6 nitrogen and oxygen atoms in total. The molecule has 0 saturated carbocycles. The smallest absolute Gasteiger partial charge is 0.152 e. The summed E-state index contributed by atoms with van der Waals surface area (Å²) in [5.74, 6) is 2.91. The van der Waals surface area contributed by atoms with Crippen molar-refractivity contribution in [3.8, 4) is 5.75 Å². The van der Waals surface area contributed by atoms with Crippen LogP contribution in [0.4, 0.5) is 5.69 Å². The lowest BCUT2D eigenvalue weighted by Gasteiger charge is -2.30. The van der Waals surface area contributed by atoms with E-state index in [2.05, 4.69) is 43.7 Å². The lowest BCUT2D eigenvalue weighted by Crippen LogP contribution is -2.34. The van der Waals surface area contributed by atoms with Crippen LogP contribution in [0, 0.1) is 6.92 Å². The van der Waals surface area contributed by atoms with E-state index in [1.165, 1.54) is 5.69 Å². The maximum atomic E-state index is 5.49. The van der Waals surface area contributed by atoms with Gasteiger partial charge in [-0.15, -0.1) is 10.2 Å². The fourth-order valence-electron chi connectivity index (χ4n) is 3.44. The van der Waals surface area contributed by atoms with Gasteiger partial charge in [0.1, 0.15) is 17.1 Å². The Morgan fingerprint density at radius 2 is 2.08 bits per heavy atom. The molecular formula is C18H21N5O. The van der Waals surface area contributed by atoms with Gasteiger partial charge in [0.2, 0.25) is 0 Å². The van der Waals surface area contributed by atoms with E-state index in [1.54, 1.807) is 7.11 Å². The molecule has 0 amide bonds. The Morgan fingerprint density at radius 3 is 2.88 bits per heavy atom. The summed E-state index contributed by atoms with van der Waals surface area (Å²) < 4.78 is 7.73. The van der Waals surface area contributed by atoms with Crippen molar-refractivity contribution in [2.45, 2.75) is 33.4 Å².